The van der Waals surface area contributed by atoms with Gasteiger partial charge in [0.1, 0.15) is 5.82 Å². The third kappa shape index (κ3) is 2.57. The number of hydrogen-bond donors (Lipinski definition) is 2. The second-order valence-electron chi connectivity index (χ2n) is 3.54. The highest BCUT2D eigenvalue weighted by Gasteiger charge is 2.12. The highest BCUT2D eigenvalue weighted by Crippen LogP contribution is 2.21. The van der Waals surface area contributed by atoms with E-state index in [1.807, 2.05) is 0 Å². The fourth-order valence-electron chi connectivity index (χ4n) is 1.39. The summed E-state index contributed by atoms with van der Waals surface area (Å²) in [6.07, 6.45) is 2.79. The first kappa shape index (κ1) is 12.3. The van der Waals surface area contributed by atoms with Gasteiger partial charge in [0.05, 0.1) is 22.0 Å². The number of nitrogen functional groups attached to an aromatic ring is 1. The van der Waals surface area contributed by atoms with Crippen molar-refractivity contribution in [3.63, 3.8) is 0 Å². The number of nitrogens with one attached hydrogen (secondary N) is 1. The predicted octanol–water partition coefficient (Wildman–Crippen LogP) is 2.71. The third-order valence-corrected chi connectivity index (χ3v) is 2.58. The Balaban J connectivity index is 2.27. The van der Waals surface area contributed by atoms with Gasteiger partial charge in [-0.3, -0.25) is 9.78 Å². The number of anilines is 2. The third-order valence-electron chi connectivity index (χ3n) is 2.28. The first-order chi connectivity index (χ1) is 8.58. The summed E-state index contributed by atoms with van der Waals surface area (Å²) in [4.78, 5) is 15.7. The van der Waals surface area contributed by atoms with Gasteiger partial charge in [0, 0.05) is 12.4 Å². The van der Waals surface area contributed by atoms with Crippen molar-refractivity contribution >= 4 is 28.9 Å². The van der Waals surface area contributed by atoms with Crippen LogP contribution in [-0.2, 0) is 0 Å². The molecule has 0 bridgehead atoms. The van der Waals surface area contributed by atoms with Gasteiger partial charge in [-0.1, -0.05) is 11.6 Å². The van der Waals surface area contributed by atoms with Gasteiger partial charge in [-0.05, 0) is 24.3 Å². The second-order valence-corrected chi connectivity index (χ2v) is 3.95. The molecule has 18 heavy (non-hydrogen) atoms. The average Bonchev–Trinajstić information content (AvgIpc) is 2.34. The van der Waals surface area contributed by atoms with Gasteiger partial charge in [-0.25, -0.2) is 4.39 Å². The van der Waals surface area contributed by atoms with Crippen molar-refractivity contribution in [1.29, 1.82) is 0 Å². The molecule has 1 aromatic carbocycles. The minimum absolute atomic E-state index is 0.202. The standard InChI is InChI=1S/C12H9ClFN3O/c13-9-6-16-4-3-8(9)12(18)17-11-5-7(14)1-2-10(11)15/h1-6H,15H2,(H,17,18). The van der Waals surface area contributed by atoms with Crippen LogP contribution in [0.25, 0.3) is 0 Å². The molecular formula is C12H9ClFN3O. The summed E-state index contributed by atoms with van der Waals surface area (Å²) < 4.78 is 13.0. The maximum atomic E-state index is 13.0. The van der Waals surface area contributed by atoms with Crippen molar-refractivity contribution in [3.8, 4) is 0 Å². The Labute approximate surface area is 108 Å². The quantitative estimate of drug-likeness (QED) is 0.821. The largest absolute Gasteiger partial charge is 0.397 e. The van der Waals surface area contributed by atoms with Gasteiger partial charge < -0.3 is 11.1 Å². The molecule has 1 aromatic heterocycles. The summed E-state index contributed by atoms with van der Waals surface area (Å²) in [5.41, 5.74) is 6.35. The number of rotatable bonds is 2. The molecule has 1 amide bonds. The second kappa shape index (κ2) is 5.01. The minimum Gasteiger partial charge on any atom is -0.397 e. The molecule has 2 rings (SSSR count). The zero-order valence-electron chi connectivity index (χ0n) is 9.15. The number of carbonyl (C=O) groups excluding carboxylic acids is 1. The smallest absolute Gasteiger partial charge is 0.257 e. The van der Waals surface area contributed by atoms with Gasteiger partial charge in [0.25, 0.3) is 5.91 Å². The van der Waals surface area contributed by atoms with Crippen molar-refractivity contribution in [2.45, 2.75) is 0 Å². The molecule has 0 spiro atoms. The molecule has 92 valence electrons. The number of amides is 1. The van der Waals surface area contributed by atoms with Crippen molar-refractivity contribution in [1.82, 2.24) is 4.98 Å². The molecule has 3 N–H and O–H groups in total. The first-order valence-electron chi connectivity index (χ1n) is 5.04. The summed E-state index contributed by atoms with van der Waals surface area (Å²) in [7, 11) is 0. The van der Waals surface area contributed by atoms with Gasteiger partial charge in [0.15, 0.2) is 0 Å². The molecule has 0 aliphatic heterocycles. The Morgan fingerprint density at radius 3 is 2.89 bits per heavy atom. The molecule has 0 atom stereocenters. The Kier molecular flexibility index (Phi) is 3.43. The van der Waals surface area contributed by atoms with Gasteiger partial charge in [-0.15, -0.1) is 0 Å². The fraction of sp³-hybridized carbons (Fsp3) is 0. The topological polar surface area (TPSA) is 68.0 Å². The van der Waals surface area contributed by atoms with E-state index in [1.165, 1.54) is 30.6 Å². The minimum atomic E-state index is -0.486. The molecule has 0 radical (unpaired) electrons. The van der Waals surface area contributed by atoms with Crippen LogP contribution in [0, 0.1) is 5.82 Å². The maximum Gasteiger partial charge on any atom is 0.257 e. The van der Waals surface area contributed by atoms with E-state index < -0.39 is 11.7 Å². The van der Waals surface area contributed by atoms with Crippen LogP contribution in [0.5, 0.6) is 0 Å². The molecule has 0 saturated carbocycles. The summed E-state index contributed by atoms with van der Waals surface area (Å²) in [5, 5.41) is 2.70. The number of benzene rings is 1. The van der Waals surface area contributed by atoms with E-state index in [1.54, 1.807) is 0 Å². The van der Waals surface area contributed by atoms with E-state index in [4.69, 9.17) is 17.3 Å². The number of nitrogens with two attached hydrogens (primary N) is 1. The van der Waals surface area contributed by atoms with Crippen molar-refractivity contribution in [3.05, 3.63) is 53.1 Å². The normalized spacial score (nSPS) is 10.1. The molecule has 0 saturated heterocycles. The molecule has 2 aromatic rings. The lowest BCUT2D eigenvalue weighted by molar-refractivity contribution is 0.102. The monoisotopic (exact) mass is 265 g/mol. The lowest BCUT2D eigenvalue weighted by Gasteiger charge is -2.08. The molecule has 0 fully saturated rings. The number of pyridine rings is 1. The van der Waals surface area contributed by atoms with E-state index >= 15 is 0 Å². The summed E-state index contributed by atoms with van der Waals surface area (Å²) in [6.45, 7) is 0. The van der Waals surface area contributed by atoms with E-state index in [0.717, 1.165) is 6.07 Å². The van der Waals surface area contributed by atoms with E-state index in [-0.39, 0.29) is 22.0 Å². The Bertz CT molecular complexity index is 604. The molecule has 6 heteroatoms. The summed E-state index contributed by atoms with van der Waals surface area (Å²) >= 11 is 5.83. The van der Waals surface area contributed by atoms with Crippen LogP contribution < -0.4 is 11.1 Å². The Morgan fingerprint density at radius 2 is 2.17 bits per heavy atom. The fourth-order valence-corrected chi connectivity index (χ4v) is 1.59. The van der Waals surface area contributed by atoms with E-state index in [2.05, 4.69) is 10.3 Å². The zero-order valence-corrected chi connectivity index (χ0v) is 9.91. The lowest BCUT2D eigenvalue weighted by atomic mass is 10.2. The molecule has 4 nitrogen and oxygen atoms in total. The highest BCUT2D eigenvalue weighted by molar-refractivity contribution is 6.34. The highest BCUT2D eigenvalue weighted by atomic mass is 35.5. The molecule has 0 aliphatic carbocycles. The first-order valence-corrected chi connectivity index (χ1v) is 5.41. The zero-order chi connectivity index (χ0) is 13.1. The number of nitrogens with zero attached hydrogens (tertiary/aromatic N) is 1. The molecule has 1 heterocycles. The SMILES string of the molecule is Nc1ccc(F)cc1NC(=O)c1ccncc1Cl. The molecular weight excluding hydrogens is 257 g/mol. The predicted molar refractivity (Wildman–Crippen MR) is 68.0 cm³/mol. The van der Waals surface area contributed by atoms with Gasteiger partial charge >= 0.3 is 0 Å². The van der Waals surface area contributed by atoms with Crippen LogP contribution in [0.15, 0.2) is 36.7 Å². The Morgan fingerprint density at radius 1 is 1.39 bits per heavy atom. The van der Waals surface area contributed by atoms with Crippen molar-refractivity contribution in [2.24, 2.45) is 0 Å². The number of halogens is 2. The van der Waals surface area contributed by atoms with Crippen LogP contribution in [0.2, 0.25) is 5.02 Å². The van der Waals surface area contributed by atoms with Crippen molar-refractivity contribution < 1.29 is 9.18 Å². The maximum absolute atomic E-state index is 13.0. The molecule has 0 aliphatic rings. The number of aromatic nitrogens is 1. The lowest BCUT2D eigenvalue weighted by Crippen LogP contribution is -2.14. The summed E-state index contributed by atoms with van der Waals surface area (Å²) in [5.74, 6) is -0.958. The number of carbonyl (C=O) groups is 1. The van der Waals surface area contributed by atoms with Crippen LogP contribution in [-0.4, -0.2) is 10.9 Å². The van der Waals surface area contributed by atoms with Gasteiger partial charge in [-0.2, -0.15) is 0 Å². The van der Waals surface area contributed by atoms with Crippen molar-refractivity contribution in [2.75, 3.05) is 11.1 Å². The van der Waals surface area contributed by atoms with Gasteiger partial charge in [0.2, 0.25) is 0 Å². The molecule has 0 unspecified atom stereocenters. The van der Waals surface area contributed by atoms with Crippen LogP contribution in [0.1, 0.15) is 10.4 Å². The van der Waals surface area contributed by atoms with Crippen LogP contribution in [0.4, 0.5) is 15.8 Å². The Hall–Kier alpha value is -2.14. The van der Waals surface area contributed by atoms with Crippen LogP contribution in [0.3, 0.4) is 0 Å². The summed E-state index contributed by atoms with van der Waals surface area (Å²) in [6, 6.07) is 5.19. The average molecular weight is 266 g/mol. The van der Waals surface area contributed by atoms with E-state index in [9.17, 15) is 9.18 Å². The number of hydrogen-bond acceptors (Lipinski definition) is 3. The van der Waals surface area contributed by atoms with Crippen LogP contribution >= 0.6 is 11.6 Å². The van der Waals surface area contributed by atoms with E-state index in [0.29, 0.717) is 0 Å².